The van der Waals surface area contributed by atoms with E-state index in [1.807, 2.05) is 0 Å². The van der Waals surface area contributed by atoms with E-state index in [9.17, 15) is 24.9 Å². The van der Waals surface area contributed by atoms with Crippen molar-refractivity contribution in [1.29, 1.82) is 0 Å². The second kappa shape index (κ2) is 7.02. The summed E-state index contributed by atoms with van der Waals surface area (Å²) in [5.74, 6) is -0.845. The van der Waals surface area contributed by atoms with Crippen molar-refractivity contribution < 1.29 is 34.8 Å². The fourth-order valence-corrected chi connectivity index (χ4v) is 2.36. The highest BCUT2D eigenvalue weighted by Crippen LogP contribution is 2.24. The third-order valence-corrected chi connectivity index (χ3v) is 3.60. The van der Waals surface area contributed by atoms with Gasteiger partial charge in [-0.3, -0.25) is 4.79 Å². The Morgan fingerprint density at radius 3 is 2.22 bits per heavy atom. The van der Waals surface area contributed by atoms with Crippen molar-refractivity contribution in [2.45, 2.75) is 30.6 Å². The number of imide groups is 1. The third-order valence-electron chi connectivity index (χ3n) is 3.60. The molecule has 126 valence electrons. The molecule has 0 bridgehead atoms. The van der Waals surface area contributed by atoms with Crippen molar-refractivity contribution in [3.63, 3.8) is 0 Å². The Bertz CT molecular complexity index is 566. The average Bonchev–Trinajstić information content (AvgIpc) is 2.55. The summed E-state index contributed by atoms with van der Waals surface area (Å²) in [6.45, 7) is -0.687. The van der Waals surface area contributed by atoms with Crippen LogP contribution >= 0.6 is 0 Å². The number of rotatable bonds is 3. The van der Waals surface area contributed by atoms with Crippen LogP contribution in [0.4, 0.5) is 4.79 Å². The molecule has 23 heavy (non-hydrogen) atoms. The van der Waals surface area contributed by atoms with E-state index < -0.39 is 49.2 Å². The predicted octanol–water partition coefficient (Wildman–Crippen LogP) is -1.99. The second-order valence-corrected chi connectivity index (χ2v) is 5.10. The highest BCUT2D eigenvalue weighted by atomic mass is 16.6. The van der Waals surface area contributed by atoms with Gasteiger partial charge in [0.05, 0.1) is 6.61 Å². The molecule has 2 rings (SSSR count). The Labute approximate surface area is 131 Å². The maximum Gasteiger partial charge on any atom is 0.324 e. The van der Waals surface area contributed by atoms with Crippen molar-refractivity contribution in [2.75, 3.05) is 6.61 Å². The molecule has 5 atom stereocenters. The summed E-state index contributed by atoms with van der Waals surface area (Å²) < 4.78 is 5.19. The van der Waals surface area contributed by atoms with E-state index in [0.29, 0.717) is 4.90 Å². The number of urea groups is 1. The van der Waals surface area contributed by atoms with Gasteiger partial charge in [0.1, 0.15) is 24.4 Å². The molecule has 1 heterocycles. The molecule has 0 spiro atoms. The lowest BCUT2D eigenvalue weighted by Crippen LogP contribution is -2.65. The van der Waals surface area contributed by atoms with Gasteiger partial charge < -0.3 is 30.9 Å². The molecule has 0 aromatic heterocycles. The summed E-state index contributed by atoms with van der Waals surface area (Å²) in [6.07, 6.45) is -8.02. The van der Waals surface area contributed by atoms with Gasteiger partial charge >= 0.3 is 6.03 Å². The first-order valence-corrected chi connectivity index (χ1v) is 6.87. The minimum Gasteiger partial charge on any atom is -0.394 e. The first kappa shape index (κ1) is 17.3. The number of benzene rings is 1. The van der Waals surface area contributed by atoms with Gasteiger partial charge in [0.15, 0.2) is 6.23 Å². The third kappa shape index (κ3) is 3.33. The average molecular weight is 326 g/mol. The van der Waals surface area contributed by atoms with Crippen LogP contribution in [0.5, 0.6) is 0 Å². The number of nitrogens with two attached hydrogens (primary N) is 1. The fraction of sp³-hybridized carbons (Fsp3) is 0.429. The molecular weight excluding hydrogens is 308 g/mol. The molecule has 1 saturated heterocycles. The number of nitrogens with zero attached hydrogens (tertiary/aromatic N) is 1. The van der Waals surface area contributed by atoms with Crippen molar-refractivity contribution in [3.8, 4) is 0 Å². The van der Waals surface area contributed by atoms with Crippen LogP contribution in [-0.4, -0.2) is 74.5 Å². The van der Waals surface area contributed by atoms with E-state index in [-0.39, 0.29) is 5.56 Å². The Kier molecular flexibility index (Phi) is 5.29. The van der Waals surface area contributed by atoms with Gasteiger partial charge in [-0.1, -0.05) is 18.2 Å². The molecule has 6 N–H and O–H groups in total. The normalized spacial score (nSPS) is 30.7. The number of aliphatic hydroxyl groups is 4. The summed E-state index contributed by atoms with van der Waals surface area (Å²) in [6, 6.07) is 6.46. The predicted molar refractivity (Wildman–Crippen MR) is 76.0 cm³/mol. The fourth-order valence-electron chi connectivity index (χ4n) is 2.36. The zero-order chi connectivity index (χ0) is 17.1. The summed E-state index contributed by atoms with van der Waals surface area (Å²) in [5, 5.41) is 38.7. The lowest BCUT2D eigenvalue weighted by Gasteiger charge is -2.43. The van der Waals surface area contributed by atoms with E-state index in [2.05, 4.69) is 0 Å². The lowest BCUT2D eigenvalue weighted by atomic mass is 9.97. The van der Waals surface area contributed by atoms with Gasteiger partial charge in [-0.15, -0.1) is 0 Å². The zero-order valence-electron chi connectivity index (χ0n) is 12.0. The van der Waals surface area contributed by atoms with E-state index in [4.69, 9.17) is 15.6 Å². The van der Waals surface area contributed by atoms with E-state index in [1.165, 1.54) is 12.1 Å². The monoisotopic (exact) mass is 326 g/mol. The molecule has 0 radical (unpaired) electrons. The molecule has 1 aromatic rings. The molecule has 1 aliphatic heterocycles. The minimum absolute atomic E-state index is 0.114. The Morgan fingerprint density at radius 2 is 1.70 bits per heavy atom. The zero-order valence-corrected chi connectivity index (χ0v) is 12.0. The number of hydrogen-bond donors (Lipinski definition) is 5. The quantitative estimate of drug-likeness (QED) is 0.431. The van der Waals surface area contributed by atoms with Gasteiger partial charge in [-0.2, -0.15) is 0 Å². The van der Waals surface area contributed by atoms with E-state index in [1.54, 1.807) is 18.2 Å². The van der Waals surface area contributed by atoms with Crippen LogP contribution < -0.4 is 5.73 Å². The van der Waals surface area contributed by atoms with Gasteiger partial charge in [-0.05, 0) is 12.1 Å². The maximum absolute atomic E-state index is 12.4. The van der Waals surface area contributed by atoms with Crippen molar-refractivity contribution in [3.05, 3.63) is 35.9 Å². The molecule has 0 saturated carbocycles. The van der Waals surface area contributed by atoms with Crippen LogP contribution in [0.25, 0.3) is 0 Å². The molecule has 1 fully saturated rings. The summed E-state index contributed by atoms with van der Waals surface area (Å²) >= 11 is 0. The number of carbonyl (C=O) groups excluding carboxylic acids is 2. The van der Waals surface area contributed by atoms with Crippen LogP contribution in [0.2, 0.25) is 0 Å². The summed E-state index contributed by atoms with van der Waals surface area (Å²) in [5.41, 5.74) is 5.32. The molecule has 1 aliphatic rings. The van der Waals surface area contributed by atoms with Crippen LogP contribution in [0.1, 0.15) is 10.4 Å². The highest BCUT2D eigenvalue weighted by Gasteiger charge is 2.48. The minimum atomic E-state index is -1.78. The van der Waals surface area contributed by atoms with Crippen molar-refractivity contribution >= 4 is 11.9 Å². The number of ether oxygens (including phenoxy) is 1. The van der Waals surface area contributed by atoms with Gasteiger partial charge in [0.2, 0.25) is 0 Å². The lowest BCUT2D eigenvalue weighted by molar-refractivity contribution is -0.250. The van der Waals surface area contributed by atoms with Gasteiger partial charge in [0.25, 0.3) is 5.91 Å². The van der Waals surface area contributed by atoms with Crippen LogP contribution in [0.3, 0.4) is 0 Å². The molecule has 9 nitrogen and oxygen atoms in total. The number of carbonyl (C=O) groups is 2. The van der Waals surface area contributed by atoms with E-state index >= 15 is 0 Å². The molecule has 9 heteroatoms. The summed E-state index contributed by atoms with van der Waals surface area (Å²) in [7, 11) is 0. The van der Waals surface area contributed by atoms with Gasteiger partial charge in [0, 0.05) is 5.56 Å². The molecule has 1 aromatic carbocycles. The van der Waals surface area contributed by atoms with Gasteiger partial charge in [-0.25, -0.2) is 9.69 Å². The first-order chi connectivity index (χ1) is 10.9. The standard InChI is InChI=1S/C14H18N2O7/c15-14(22)16(12(21)7-4-2-1-3-5-7)13-11(20)10(19)9(18)8(6-17)23-13/h1-5,8-11,13,17-20H,6H2,(H2,15,22)/t8-,9-,10+,11-,13-/m1/s1. The maximum atomic E-state index is 12.4. The van der Waals surface area contributed by atoms with E-state index in [0.717, 1.165) is 0 Å². The Hall–Kier alpha value is -2.04. The van der Waals surface area contributed by atoms with Crippen LogP contribution in [0.15, 0.2) is 30.3 Å². The first-order valence-electron chi connectivity index (χ1n) is 6.87. The van der Waals surface area contributed by atoms with Crippen LogP contribution in [0, 0.1) is 0 Å². The smallest absolute Gasteiger partial charge is 0.324 e. The number of primary amides is 1. The molecule has 3 amide bonds. The number of aliphatic hydroxyl groups excluding tert-OH is 4. The summed E-state index contributed by atoms with van der Waals surface area (Å²) in [4.78, 5) is 24.6. The Balaban J connectivity index is 2.33. The van der Waals surface area contributed by atoms with Crippen LogP contribution in [-0.2, 0) is 4.74 Å². The van der Waals surface area contributed by atoms with Crippen molar-refractivity contribution in [1.82, 2.24) is 4.90 Å². The molecule has 0 unspecified atom stereocenters. The topological polar surface area (TPSA) is 154 Å². The molecular formula is C14H18N2O7. The Morgan fingerprint density at radius 1 is 1.09 bits per heavy atom. The SMILES string of the molecule is NC(=O)N(C(=O)c1ccccc1)[C@@H]1O[C@H](CO)[C@@H](O)[C@H](O)[C@H]1O. The molecule has 0 aliphatic carbocycles. The second-order valence-electron chi connectivity index (χ2n) is 5.10. The highest BCUT2D eigenvalue weighted by molar-refractivity contribution is 6.04. The largest absolute Gasteiger partial charge is 0.394 e. The van der Waals surface area contributed by atoms with Crippen molar-refractivity contribution in [2.24, 2.45) is 5.73 Å². The number of amides is 3. The number of hydrogen-bond acceptors (Lipinski definition) is 7.